The Hall–Kier alpha value is -0.980. The number of nitrogens with one attached hydrogen (secondary N) is 1. The Morgan fingerprint density at radius 2 is 1.61 bits per heavy atom. The van der Waals surface area contributed by atoms with Crippen LogP contribution in [-0.4, -0.2) is 6.54 Å². The summed E-state index contributed by atoms with van der Waals surface area (Å²) in [4.78, 5) is 0. The van der Waals surface area contributed by atoms with Crippen LogP contribution in [-0.2, 0) is 17.3 Å². The van der Waals surface area contributed by atoms with Crippen LogP contribution < -0.4 is 5.32 Å². The second-order valence-corrected chi connectivity index (χ2v) is 7.55. The zero-order valence-corrected chi connectivity index (χ0v) is 12.8. The first-order valence-electron chi connectivity index (χ1n) is 7.12. The van der Waals surface area contributed by atoms with Gasteiger partial charge in [0.1, 0.15) is 0 Å². The van der Waals surface area contributed by atoms with Gasteiger partial charge in [0.15, 0.2) is 0 Å². The van der Waals surface area contributed by atoms with Gasteiger partial charge in [-0.3, -0.25) is 0 Å². The third-order valence-corrected chi connectivity index (χ3v) is 3.77. The third kappa shape index (κ3) is 2.41. The number of benzene rings is 1. The molecule has 0 bridgehead atoms. The van der Waals surface area contributed by atoms with Crippen molar-refractivity contribution in [1.29, 1.82) is 0 Å². The lowest BCUT2D eigenvalue weighted by atomic mass is 9.73. The van der Waals surface area contributed by atoms with E-state index >= 15 is 0 Å². The van der Waals surface area contributed by atoms with Gasteiger partial charge in [-0.15, -0.1) is 0 Å². The highest BCUT2D eigenvalue weighted by atomic mass is 14.9. The maximum absolute atomic E-state index is 3.65. The molecule has 1 aromatic rings. The minimum absolute atomic E-state index is 0.193. The molecule has 2 rings (SSSR count). The highest BCUT2D eigenvalue weighted by Crippen LogP contribution is 2.41. The monoisotopic (exact) mass is 245 g/mol. The average molecular weight is 245 g/mol. The fourth-order valence-electron chi connectivity index (χ4n) is 2.95. The molecule has 100 valence electrons. The molecule has 0 fully saturated rings. The first kappa shape index (κ1) is 13.5. The summed E-state index contributed by atoms with van der Waals surface area (Å²) < 4.78 is 0. The molecule has 0 amide bonds. The first-order chi connectivity index (χ1) is 8.21. The summed E-state index contributed by atoms with van der Waals surface area (Å²) in [5.74, 6) is 0. The molecule has 1 N–H and O–H groups in total. The third-order valence-electron chi connectivity index (χ3n) is 3.77. The van der Waals surface area contributed by atoms with Gasteiger partial charge in [-0.05, 0) is 40.4 Å². The molecular formula is C17H27N. The van der Waals surface area contributed by atoms with Crippen molar-refractivity contribution in [2.24, 2.45) is 0 Å². The van der Waals surface area contributed by atoms with Gasteiger partial charge < -0.3 is 5.32 Å². The van der Waals surface area contributed by atoms with E-state index in [0.717, 1.165) is 6.54 Å². The average Bonchev–Trinajstić information content (AvgIpc) is 2.24. The van der Waals surface area contributed by atoms with Gasteiger partial charge in [0.25, 0.3) is 0 Å². The van der Waals surface area contributed by atoms with Gasteiger partial charge >= 0.3 is 0 Å². The van der Waals surface area contributed by atoms with E-state index in [-0.39, 0.29) is 10.8 Å². The lowest BCUT2D eigenvalue weighted by molar-refractivity contribution is 0.529. The number of hydrogen-bond acceptors (Lipinski definition) is 1. The normalized spacial score (nSPS) is 16.1. The van der Waals surface area contributed by atoms with E-state index in [1.807, 2.05) is 0 Å². The Balaban J connectivity index is 2.69. The van der Waals surface area contributed by atoms with Crippen molar-refractivity contribution in [3.63, 3.8) is 0 Å². The molecule has 1 aliphatic rings. The van der Waals surface area contributed by atoms with E-state index in [2.05, 4.69) is 59.0 Å². The number of aryl methyl sites for hydroxylation is 1. The van der Waals surface area contributed by atoms with E-state index in [1.54, 1.807) is 0 Å². The molecule has 1 aliphatic heterocycles. The van der Waals surface area contributed by atoms with Crippen LogP contribution in [0.1, 0.15) is 64.7 Å². The van der Waals surface area contributed by atoms with Crippen LogP contribution in [0.2, 0.25) is 0 Å². The Kier molecular flexibility index (Phi) is 3.21. The molecule has 1 heterocycles. The molecule has 1 heteroatoms. The van der Waals surface area contributed by atoms with Crippen molar-refractivity contribution in [3.8, 4) is 0 Å². The minimum Gasteiger partial charge on any atom is -0.385 e. The summed E-state index contributed by atoms with van der Waals surface area (Å²) in [6.07, 6.45) is 2.47. The van der Waals surface area contributed by atoms with Gasteiger partial charge in [0, 0.05) is 12.2 Å². The molecule has 0 spiro atoms. The summed E-state index contributed by atoms with van der Waals surface area (Å²) in [5.41, 5.74) is 6.32. The van der Waals surface area contributed by atoms with Crippen LogP contribution in [0.5, 0.6) is 0 Å². The predicted molar refractivity (Wildman–Crippen MR) is 80.7 cm³/mol. The van der Waals surface area contributed by atoms with Crippen molar-refractivity contribution >= 4 is 5.69 Å². The molecular weight excluding hydrogens is 218 g/mol. The van der Waals surface area contributed by atoms with Gasteiger partial charge in [0.2, 0.25) is 0 Å². The van der Waals surface area contributed by atoms with Crippen LogP contribution in [0.3, 0.4) is 0 Å². The summed E-state index contributed by atoms with van der Waals surface area (Å²) in [6.45, 7) is 15.0. The fourth-order valence-corrected chi connectivity index (χ4v) is 2.95. The molecule has 0 atom stereocenters. The summed E-state index contributed by atoms with van der Waals surface area (Å²) in [6, 6.07) is 4.68. The van der Waals surface area contributed by atoms with Crippen LogP contribution in [0.25, 0.3) is 0 Å². The van der Waals surface area contributed by atoms with Crippen molar-refractivity contribution in [3.05, 3.63) is 28.8 Å². The quantitative estimate of drug-likeness (QED) is 0.702. The smallest absolute Gasteiger partial charge is 0.0413 e. The minimum atomic E-state index is 0.193. The number of anilines is 1. The summed E-state index contributed by atoms with van der Waals surface area (Å²) in [7, 11) is 0. The number of hydrogen-bond donors (Lipinski definition) is 1. The largest absolute Gasteiger partial charge is 0.385 e. The highest BCUT2D eigenvalue weighted by molar-refractivity contribution is 5.65. The molecule has 0 aromatic heterocycles. The van der Waals surface area contributed by atoms with Gasteiger partial charge in [-0.25, -0.2) is 0 Å². The maximum Gasteiger partial charge on any atom is 0.0413 e. The molecule has 0 saturated heterocycles. The summed E-state index contributed by atoms with van der Waals surface area (Å²) in [5, 5.41) is 3.65. The molecule has 0 aliphatic carbocycles. The van der Waals surface area contributed by atoms with E-state index in [1.165, 1.54) is 35.2 Å². The van der Waals surface area contributed by atoms with Crippen molar-refractivity contribution in [2.75, 3.05) is 11.9 Å². The Morgan fingerprint density at radius 3 is 2.17 bits per heavy atom. The summed E-state index contributed by atoms with van der Waals surface area (Å²) >= 11 is 0. The van der Waals surface area contributed by atoms with E-state index in [0.29, 0.717) is 0 Å². The predicted octanol–water partition coefficient (Wildman–Crippen LogP) is 4.64. The van der Waals surface area contributed by atoms with Crippen molar-refractivity contribution in [2.45, 2.75) is 65.2 Å². The standard InChI is InChI=1S/C17H27N/c1-16(2,3)13-10-9-12-8-7-11-18-15(12)14(13)17(4,5)6/h9-10,18H,7-8,11H2,1-6H3. The Bertz CT molecular complexity index is 444. The van der Waals surface area contributed by atoms with Crippen LogP contribution in [0.15, 0.2) is 12.1 Å². The molecule has 1 nitrogen and oxygen atoms in total. The van der Waals surface area contributed by atoms with Crippen LogP contribution in [0.4, 0.5) is 5.69 Å². The second kappa shape index (κ2) is 4.29. The molecule has 0 radical (unpaired) electrons. The zero-order valence-electron chi connectivity index (χ0n) is 12.8. The van der Waals surface area contributed by atoms with Gasteiger partial charge in [-0.1, -0.05) is 53.7 Å². The maximum atomic E-state index is 3.65. The fraction of sp³-hybridized carbons (Fsp3) is 0.647. The molecule has 1 aromatic carbocycles. The number of rotatable bonds is 0. The lowest BCUT2D eigenvalue weighted by Gasteiger charge is -2.35. The van der Waals surface area contributed by atoms with Crippen LogP contribution in [0, 0.1) is 0 Å². The second-order valence-electron chi connectivity index (χ2n) is 7.55. The first-order valence-corrected chi connectivity index (χ1v) is 7.12. The molecule has 18 heavy (non-hydrogen) atoms. The molecule has 0 saturated carbocycles. The topological polar surface area (TPSA) is 12.0 Å². The van der Waals surface area contributed by atoms with E-state index < -0.39 is 0 Å². The number of fused-ring (bicyclic) bond motifs is 1. The van der Waals surface area contributed by atoms with Crippen LogP contribution >= 0.6 is 0 Å². The van der Waals surface area contributed by atoms with E-state index in [9.17, 15) is 0 Å². The van der Waals surface area contributed by atoms with Crippen molar-refractivity contribution < 1.29 is 0 Å². The lowest BCUT2D eigenvalue weighted by Crippen LogP contribution is -2.26. The Morgan fingerprint density at radius 1 is 0.944 bits per heavy atom. The van der Waals surface area contributed by atoms with E-state index in [4.69, 9.17) is 0 Å². The Labute approximate surface area is 112 Å². The van der Waals surface area contributed by atoms with Gasteiger partial charge in [0.05, 0.1) is 0 Å². The zero-order chi connectivity index (χ0) is 13.6. The molecule has 0 unspecified atom stereocenters. The van der Waals surface area contributed by atoms with Crippen molar-refractivity contribution in [1.82, 2.24) is 0 Å². The highest BCUT2D eigenvalue weighted by Gasteiger charge is 2.29. The van der Waals surface area contributed by atoms with Gasteiger partial charge in [-0.2, -0.15) is 0 Å². The SMILES string of the molecule is CC(C)(C)c1ccc2c(c1C(C)(C)C)NCCC2.